The summed E-state index contributed by atoms with van der Waals surface area (Å²) in [5.41, 5.74) is -1.16. The highest BCUT2D eigenvalue weighted by Gasteiger charge is 2.26. The molecule has 0 spiro atoms. The maximum atomic E-state index is 11.9. The van der Waals surface area contributed by atoms with Crippen molar-refractivity contribution in [1.29, 1.82) is 0 Å². The van der Waals surface area contributed by atoms with E-state index in [0.717, 1.165) is 4.88 Å². The number of rotatable bonds is 6. The third kappa shape index (κ3) is 4.32. The summed E-state index contributed by atoms with van der Waals surface area (Å²) in [6.07, 6.45) is 0. The van der Waals surface area contributed by atoms with Gasteiger partial charge >= 0.3 is 6.03 Å². The molecular formula is C16H22N2O2S2. The van der Waals surface area contributed by atoms with Crippen molar-refractivity contribution in [3.8, 4) is 0 Å². The van der Waals surface area contributed by atoms with Gasteiger partial charge in [-0.3, -0.25) is 0 Å². The molecule has 0 aliphatic heterocycles. The lowest BCUT2D eigenvalue weighted by Gasteiger charge is -2.25. The van der Waals surface area contributed by atoms with Gasteiger partial charge in [0.2, 0.25) is 0 Å². The standard InChI is InChI=1S/C16H22N2O2S2/c1-15(2,12-6-4-8-21-12)10-17-14(19)18-11-16(3,20)13-7-5-9-22-13/h4-9,20H,10-11H2,1-3H3,(H2,17,18,19). The number of amides is 2. The molecular weight excluding hydrogens is 316 g/mol. The van der Waals surface area contributed by atoms with E-state index < -0.39 is 5.60 Å². The number of aliphatic hydroxyl groups is 1. The summed E-state index contributed by atoms with van der Waals surface area (Å²) in [6, 6.07) is 7.58. The Morgan fingerprint density at radius 1 is 1.05 bits per heavy atom. The van der Waals surface area contributed by atoms with Gasteiger partial charge in [0.25, 0.3) is 0 Å². The highest BCUT2D eigenvalue weighted by Crippen LogP contribution is 2.26. The summed E-state index contributed by atoms with van der Waals surface area (Å²) < 4.78 is 0. The molecule has 3 N–H and O–H groups in total. The molecule has 0 aliphatic rings. The van der Waals surface area contributed by atoms with E-state index in [1.165, 1.54) is 16.2 Å². The molecule has 120 valence electrons. The summed E-state index contributed by atoms with van der Waals surface area (Å²) in [5, 5.41) is 19.9. The Morgan fingerprint density at radius 2 is 1.59 bits per heavy atom. The van der Waals surface area contributed by atoms with Gasteiger partial charge in [-0.05, 0) is 29.8 Å². The van der Waals surface area contributed by atoms with Crippen molar-refractivity contribution in [2.75, 3.05) is 13.1 Å². The van der Waals surface area contributed by atoms with Crippen LogP contribution in [-0.2, 0) is 11.0 Å². The molecule has 0 bridgehead atoms. The predicted molar refractivity (Wildman–Crippen MR) is 92.6 cm³/mol. The third-order valence-corrected chi connectivity index (χ3v) is 5.88. The summed E-state index contributed by atoms with van der Waals surface area (Å²) in [4.78, 5) is 14.0. The van der Waals surface area contributed by atoms with Crippen molar-refractivity contribution in [3.05, 3.63) is 44.8 Å². The van der Waals surface area contributed by atoms with Crippen LogP contribution in [0.2, 0.25) is 0 Å². The lowest BCUT2D eigenvalue weighted by molar-refractivity contribution is 0.0631. The third-order valence-electron chi connectivity index (χ3n) is 3.52. The van der Waals surface area contributed by atoms with E-state index in [4.69, 9.17) is 0 Å². The highest BCUT2D eigenvalue weighted by atomic mass is 32.1. The van der Waals surface area contributed by atoms with Gasteiger partial charge in [0.05, 0.1) is 6.54 Å². The number of carbonyl (C=O) groups is 1. The second-order valence-electron chi connectivity index (χ2n) is 6.15. The van der Waals surface area contributed by atoms with Crippen LogP contribution in [0.4, 0.5) is 4.79 Å². The molecule has 0 aromatic carbocycles. The van der Waals surface area contributed by atoms with Crippen molar-refractivity contribution in [1.82, 2.24) is 10.6 Å². The molecule has 0 aliphatic carbocycles. The maximum absolute atomic E-state index is 11.9. The fourth-order valence-electron chi connectivity index (χ4n) is 2.04. The molecule has 0 fully saturated rings. The van der Waals surface area contributed by atoms with Gasteiger partial charge in [0, 0.05) is 21.7 Å². The summed E-state index contributed by atoms with van der Waals surface area (Å²) in [7, 11) is 0. The van der Waals surface area contributed by atoms with E-state index in [2.05, 4.69) is 30.5 Å². The Kier molecular flexibility index (Phi) is 5.26. The van der Waals surface area contributed by atoms with Crippen LogP contribution in [0, 0.1) is 0 Å². The molecule has 2 rings (SSSR count). The Hall–Kier alpha value is -1.37. The van der Waals surface area contributed by atoms with Crippen LogP contribution in [0.5, 0.6) is 0 Å². The van der Waals surface area contributed by atoms with E-state index in [9.17, 15) is 9.90 Å². The quantitative estimate of drug-likeness (QED) is 0.757. The molecule has 0 saturated carbocycles. The zero-order chi connectivity index (χ0) is 16.2. The first-order chi connectivity index (χ1) is 10.3. The number of urea groups is 1. The SMILES string of the molecule is CC(C)(CNC(=O)NCC(C)(O)c1cccs1)c1cccs1. The predicted octanol–water partition coefficient (Wildman–Crippen LogP) is 3.29. The molecule has 0 saturated heterocycles. The van der Waals surface area contributed by atoms with Gasteiger partial charge in [0.15, 0.2) is 0 Å². The summed E-state index contributed by atoms with van der Waals surface area (Å²) in [6.45, 7) is 6.62. The van der Waals surface area contributed by atoms with Gasteiger partial charge in [-0.25, -0.2) is 4.79 Å². The molecule has 2 amide bonds. The molecule has 1 unspecified atom stereocenters. The Labute approximate surface area is 139 Å². The molecule has 2 heterocycles. The van der Waals surface area contributed by atoms with Crippen LogP contribution in [0.25, 0.3) is 0 Å². The van der Waals surface area contributed by atoms with Crippen molar-refractivity contribution in [2.24, 2.45) is 0 Å². The molecule has 1 atom stereocenters. The van der Waals surface area contributed by atoms with Crippen LogP contribution >= 0.6 is 22.7 Å². The van der Waals surface area contributed by atoms with E-state index in [1.54, 1.807) is 18.3 Å². The summed E-state index contributed by atoms with van der Waals surface area (Å²) in [5.74, 6) is 0. The molecule has 0 radical (unpaired) electrons. The van der Waals surface area contributed by atoms with Crippen molar-refractivity contribution >= 4 is 28.7 Å². The highest BCUT2D eigenvalue weighted by molar-refractivity contribution is 7.10. The second kappa shape index (κ2) is 6.81. The smallest absolute Gasteiger partial charge is 0.314 e. The first-order valence-corrected chi connectivity index (χ1v) is 8.89. The van der Waals surface area contributed by atoms with Crippen LogP contribution in [0.1, 0.15) is 30.5 Å². The van der Waals surface area contributed by atoms with Gasteiger partial charge < -0.3 is 15.7 Å². The number of hydrogen-bond acceptors (Lipinski definition) is 4. The average Bonchev–Trinajstić information content (AvgIpc) is 3.15. The Balaban J connectivity index is 1.81. The molecule has 6 heteroatoms. The minimum Gasteiger partial charge on any atom is -0.383 e. The lowest BCUT2D eigenvalue weighted by Crippen LogP contribution is -2.46. The fraction of sp³-hybridized carbons (Fsp3) is 0.438. The Bertz CT molecular complexity index is 537. The van der Waals surface area contributed by atoms with Gasteiger partial charge in [-0.2, -0.15) is 0 Å². The van der Waals surface area contributed by atoms with E-state index in [1.807, 2.05) is 29.0 Å². The van der Waals surface area contributed by atoms with Gasteiger partial charge in [-0.1, -0.05) is 26.0 Å². The van der Waals surface area contributed by atoms with Crippen LogP contribution < -0.4 is 10.6 Å². The first-order valence-electron chi connectivity index (χ1n) is 7.13. The number of hydrogen-bond donors (Lipinski definition) is 3. The van der Waals surface area contributed by atoms with E-state index in [-0.39, 0.29) is 18.0 Å². The van der Waals surface area contributed by atoms with E-state index in [0.29, 0.717) is 6.54 Å². The monoisotopic (exact) mass is 338 g/mol. The zero-order valence-corrected chi connectivity index (χ0v) is 14.7. The summed E-state index contributed by atoms with van der Waals surface area (Å²) >= 11 is 3.16. The van der Waals surface area contributed by atoms with Crippen LogP contribution in [-0.4, -0.2) is 24.2 Å². The largest absolute Gasteiger partial charge is 0.383 e. The zero-order valence-electron chi connectivity index (χ0n) is 13.1. The minimum absolute atomic E-state index is 0.109. The van der Waals surface area contributed by atoms with Gasteiger partial charge in [-0.15, -0.1) is 22.7 Å². The number of carbonyl (C=O) groups excluding carboxylic acids is 1. The van der Waals surface area contributed by atoms with Crippen molar-refractivity contribution in [3.63, 3.8) is 0 Å². The Morgan fingerprint density at radius 3 is 2.14 bits per heavy atom. The van der Waals surface area contributed by atoms with Crippen LogP contribution in [0.15, 0.2) is 35.0 Å². The first kappa shape index (κ1) is 17.0. The van der Waals surface area contributed by atoms with Crippen LogP contribution in [0.3, 0.4) is 0 Å². The molecule has 4 nitrogen and oxygen atoms in total. The fourth-order valence-corrected chi connectivity index (χ4v) is 3.68. The average molecular weight is 338 g/mol. The lowest BCUT2D eigenvalue weighted by atomic mass is 9.91. The normalized spacial score (nSPS) is 14.4. The number of nitrogens with one attached hydrogen (secondary N) is 2. The second-order valence-corrected chi connectivity index (χ2v) is 8.04. The van der Waals surface area contributed by atoms with Crippen molar-refractivity contribution in [2.45, 2.75) is 31.8 Å². The molecule has 2 aromatic heterocycles. The number of thiophene rings is 2. The van der Waals surface area contributed by atoms with E-state index >= 15 is 0 Å². The topological polar surface area (TPSA) is 61.4 Å². The minimum atomic E-state index is -1.05. The van der Waals surface area contributed by atoms with Crippen molar-refractivity contribution < 1.29 is 9.90 Å². The molecule has 2 aromatic rings. The van der Waals surface area contributed by atoms with Gasteiger partial charge in [0.1, 0.15) is 5.60 Å². The maximum Gasteiger partial charge on any atom is 0.314 e. The molecule has 22 heavy (non-hydrogen) atoms.